The molecule has 2 N–H and O–H groups in total. The van der Waals surface area contributed by atoms with Gasteiger partial charge in [-0.05, 0) is 6.42 Å². The van der Waals surface area contributed by atoms with Crippen molar-refractivity contribution in [3.8, 4) is 6.07 Å². The van der Waals surface area contributed by atoms with E-state index >= 15 is 0 Å². The lowest BCUT2D eigenvalue weighted by atomic mass is 10.4. The normalized spacial score (nSPS) is 5.75. The molecule has 0 rings (SSSR count). The molecule has 0 aromatic carbocycles. The summed E-state index contributed by atoms with van der Waals surface area (Å²) in [6.07, 6.45) is 1.68. The fourth-order valence-corrected chi connectivity index (χ4v) is 0.112. The van der Waals surface area contributed by atoms with Crippen LogP contribution in [-0.2, 0) is 9.59 Å². The van der Waals surface area contributed by atoms with Crippen LogP contribution >= 0.6 is 0 Å². The van der Waals surface area contributed by atoms with Crippen molar-refractivity contribution in [1.29, 1.82) is 5.26 Å². The van der Waals surface area contributed by atoms with E-state index in [4.69, 9.17) is 25.1 Å². The summed E-state index contributed by atoms with van der Waals surface area (Å²) in [6.45, 7) is 2.82. The molecule has 0 aromatic heterocycles. The highest BCUT2D eigenvalue weighted by Crippen LogP contribution is 1.77. The van der Waals surface area contributed by atoms with Crippen molar-refractivity contribution in [1.82, 2.24) is 0 Å². The molecule has 5 heteroatoms. The van der Waals surface area contributed by atoms with Crippen LogP contribution in [0.2, 0.25) is 0 Å². The van der Waals surface area contributed by atoms with E-state index in [1.165, 1.54) is 0 Å². The Labute approximate surface area is 71.2 Å². The van der Waals surface area contributed by atoms with Crippen LogP contribution in [0.1, 0.15) is 26.7 Å². The van der Waals surface area contributed by atoms with Crippen LogP contribution in [-0.4, -0.2) is 22.7 Å². The fraction of sp³-hybridized carbons (Fsp3) is 0.571. The van der Waals surface area contributed by atoms with E-state index in [-0.39, 0.29) is 6.47 Å². The molecule has 0 saturated carbocycles. The van der Waals surface area contributed by atoms with Crippen LogP contribution in [0.3, 0.4) is 0 Å². The number of nitrogens with zero attached hydrogens (tertiary/aromatic N) is 1. The van der Waals surface area contributed by atoms with Crippen molar-refractivity contribution < 1.29 is 19.8 Å². The molecule has 0 aromatic rings. The van der Waals surface area contributed by atoms with E-state index in [1.807, 2.05) is 13.0 Å². The van der Waals surface area contributed by atoms with Crippen molar-refractivity contribution in [2.45, 2.75) is 26.7 Å². The predicted octanol–water partition coefficient (Wildman–Crippen LogP) is 1.10. The lowest BCUT2D eigenvalue weighted by Crippen LogP contribution is -1.78. The van der Waals surface area contributed by atoms with Gasteiger partial charge < -0.3 is 10.2 Å². The largest absolute Gasteiger partial charge is 0.483 e. The molecule has 12 heavy (non-hydrogen) atoms. The molecule has 70 valence electrons. The summed E-state index contributed by atoms with van der Waals surface area (Å²) in [5, 5.41) is 22.1. The highest BCUT2D eigenvalue weighted by atomic mass is 16.4. The molecule has 0 fully saturated rings. The Morgan fingerprint density at radius 2 is 1.92 bits per heavy atom. The quantitative estimate of drug-likeness (QED) is 0.581. The van der Waals surface area contributed by atoms with Crippen molar-refractivity contribution in [2.24, 2.45) is 0 Å². The molecular formula is C7H13NO4. The van der Waals surface area contributed by atoms with Gasteiger partial charge in [-0.2, -0.15) is 5.26 Å². The van der Waals surface area contributed by atoms with Gasteiger partial charge in [-0.3, -0.25) is 9.59 Å². The second kappa shape index (κ2) is 22.7. The van der Waals surface area contributed by atoms with Gasteiger partial charge in [-0.15, -0.1) is 0 Å². The number of unbranched alkanes of at least 4 members (excludes halogenated alkanes) is 1. The summed E-state index contributed by atoms with van der Waals surface area (Å²) in [5.41, 5.74) is 0. The van der Waals surface area contributed by atoms with Crippen LogP contribution < -0.4 is 0 Å². The molecule has 0 saturated heterocycles. The third-order valence-electron chi connectivity index (χ3n) is 0.362. The van der Waals surface area contributed by atoms with Crippen LogP contribution in [0.25, 0.3) is 0 Å². The molecule has 0 spiro atoms. The van der Waals surface area contributed by atoms with Gasteiger partial charge in [0.15, 0.2) is 0 Å². The van der Waals surface area contributed by atoms with E-state index in [0.29, 0.717) is 6.42 Å². The highest BCUT2D eigenvalue weighted by Gasteiger charge is 1.65. The first kappa shape index (κ1) is 16.8. The standard InChI is InChI=1S/C4H7N.C2H4O2.CH2O2/c1-2-3-4-5;1-2(3)4;2-1-3/h2-3H2,1H3;1H3,(H,3,4);1H,(H,2,3). The lowest BCUT2D eigenvalue weighted by molar-refractivity contribution is -0.134. The minimum Gasteiger partial charge on any atom is -0.483 e. The third kappa shape index (κ3) is 2520. The first-order chi connectivity index (χ1) is 5.56. The molecule has 0 bridgehead atoms. The number of carboxylic acids is 1. The Kier molecular flexibility index (Phi) is 31.8. The zero-order valence-electron chi connectivity index (χ0n) is 7.15. The molecule has 0 unspecified atom stereocenters. The Hall–Kier alpha value is -1.57. The maximum atomic E-state index is 9.00. The van der Waals surface area contributed by atoms with Gasteiger partial charge in [0.05, 0.1) is 6.07 Å². The zero-order valence-corrected chi connectivity index (χ0v) is 7.15. The van der Waals surface area contributed by atoms with Crippen molar-refractivity contribution in [3.63, 3.8) is 0 Å². The summed E-state index contributed by atoms with van der Waals surface area (Å²) in [4.78, 5) is 17.4. The van der Waals surface area contributed by atoms with Gasteiger partial charge in [0.1, 0.15) is 0 Å². The van der Waals surface area contributed by atoms with Gasteiger partial charge in [0, 0.05) is 13.3 Å². The number of hydrogen-bond donors (Lipinski definition) is 2. The number of nitriles is 1. The lowest BCUT2D eigenvalue weighted by Gasteiger charge is -1.65. The summed E-state index contributed by atoms with van der Waals surface area (Å²) in [5.74, 6) is -0.833. The van der Waals surface area contributed by atoms with E-state index in [9.17, 15) is 0 Å². The summed E-state index contributed by atoms with van der Waals surface area (Å²) >= 11 is 0. The van der Waals surface area contributed by atoms with Gasteiger partial charge in [-0.1, -0.05) is 6.92 Å². The molecule has 0 amide bonds. The molecule has 0 radical (unpaired) electrons. The summed E-state index contributed by atoms with van der Waals surface area (Å²) in [6, 6.07) is 2.02. The van der Waals surface area contributed by atoms with Crippen LogP contribution in [0.4, 0.5) is 0 Å². The minimum absolute atomic E-state index is 0.250. The molecular weight excluding hydrogens is 162 g/mol. The van der Waals surface area contributed by atoms with Crippen LogP contribution in [0, 0.1) is 11.3 Å². The predicted molar refractivity (Wildman–Crippen MR) is 42.5 cm³/mol. The van der Waals surface area contributed by atoms with Crippen molar-refractivity contribution in [2.75, 3.05) is 0 Å². The first-order valence-corrected chi connectivity index (χ1v) is 3.21. The second-order valence-electron chi connectivity index (χ2n) is 1.53. The smallest absolute Gasteiger partial charge is 0.300 e. The minimum atomic E-state index is -0.833. The Morgan fingerprint density at radius 3 is 1.92 bits per heavy atom. The van der Waals surface area contributed by atoms with Crippen molar-refractivity contribution in [3.05, 3.63) is 0 Å². The van der Waals surface area contributed by atoms with Crippen molar-refractivity contribution >= 4 is 12.4 Å². The van der Waals surface area contributed by atoms with Gasteiger partial charge in [-0.25, -0.2) is 0 Å². The van der Waals surface area contributed by atoms with Gasteiger partial charge in [0.2, 0.25) is 0 Å². The van der Waals surface area contributed by atoms with Gasteiger partial charge >= 0.3 is 0 Å². The van der Waals surface area contributed by atoms with E-state index in [1.54, 1.807) is 0 Å². The molecule has 5 nitrogen and oxygen atoms in total. The molecule has 0 aliphatic carbocycles. The number of carbonyl (C=O) groups is 2. The topological polar surface area (TPSA) is 98.4 Å². The first-order valence-electron chi connectivity index (χ1n) is 3.21. The maximum Gasteiger partial charge on any atom is 0.300 e. The van der Waals surface area contributed by atoms with Crippen LogP contribution in [0.15, 0.2) is 0 Å². The Bertz CT molecular complexity index is 135. The average molecular weight is 175 g/mol. The van der Waals surface area contributed by atoms with Crippen LogP contribution in [0.5, 0.6) is 0 Å². The number of hydrogen-bond acceptors (Lipinski definition) is 3. The maximum absolute atomic E-state index is 9.00. The second-order valence-corrected chi connectivity index (χ2v) is 1.53. The Balaban J connectivity index is -0.000000105. The Morgan fingerprint density at radius 1 is 1.67 bits per heavy atom. The number of rotatable bonds is 1. The average Bonchev–Trinajstić information content (AvgIpc) is 1.89. The highest BCUT2D eigenvalue weighted by molar-refractivity contribution is 5.62. The number of carboxylic acid groups (broad SMARTS) is 2. The third-order valence-corrected chi connectivity index (χ3v) is 0.362. The van der Waals surface area contributed by atoms with Gasteiger partial charge in [0.25, 0.3) is 12.4 Å². The van der Waals surface area contributed by atoms with E-state index in [0.717, 1.165) is 13.3 Å². The SMILES string of the molecule is CC(=O)O.CCCC#N.O=CO. The zero-order chi connectivity index (χ0) is 10.4. The summed E-state index contributed by atoms with van der Waals surface area (Å²) in [7, 11) is 0. The monoisotopic (exact) mass is 175 g/mol. The molecule has 0 heterocycles. The molecule has 0 aliphatic rings. The summed E-state index contributed by atoms with van der Waals surface area (Å²) < 4.78 is 0. The van der Waals surface area contributed by atoms with E-state index < -0.39 is 5.97 Å². The molecule has 0 atom stereocenters. The number of aliphatic carboxylic acids is 1. The fourth-order valence-electron chi connectivity index (χ4n) is 0.112. The van der Waals surface area contributed by atoms with E-state index in [2.05, 4.69) is 0 Å². The molecule has 0 aliphatic heterocycles.